The number of nitrogens with one attached hydrogen (secondary N) is 1. The summed E-state index contributed by atoms with van der Waals surface area (Å²) in [4.78, 5) is 32.5. The number of nitro groups is 2. The summed E-state index contributed by atoms with van der Waals surface area (Å²) in [7, 11) is 0. The van der Waals surface area contributed by atoms with E-state index in [9.17, 15) is 25.0 Å². The Balaban J connectivity index is 1.71. The number of nitro benzene ring substituents is 2. The SMILES string of the molecule is O=C(c1ccc([N+](=O)[O-])cc1)[C@H]1N[C@H]1c1ccc([N+](=O)[O-])cc1. The Morgan fingerprint density at radius 1 is 0.870 bits per heavy atom. The molecule has 1 fully saturated rings. The first-order valence-electron chi connectivity index (χ1n) is 6.76. The Morgan fingerprint density at radius 3 is 1.83 bits per heavy atom. The molecule has 116 valence electrons. The van der Waals surface area contributed by atoms with Gasteiger partial charge in [0.05, 0.1) is 21.9 Å². The normalized spacial score (nSPS) is 19.1. The van der Waals surface area contributed by atoms with Crippen molar-refractivity contribution in [3.63, 3.8) is 0 Å². The van der Waals surface area contributed by atoms with Crippen LogP contribution in [0.1, 0.15) is 22.0 Å². The number of rotatable bonds is 5. The number of hydrogen-bond donors (Lipinski definition) is 1. The Hall–Kier alpha value is -3.13. The van der Waals surface area contributed by atoms with Gasteiger partial charge in [-0.1, -0.05) is 12.1 Å². The summed E-state index contributed by atoms with van der Waals surface area (Å²) in [5.74, 6) is -0.164. The molecule has 3 rings (SSSR count). The number of carbonyl (C=O) groups excluding carboxylic acids is 1. The highest BCUT2D eigenvalue weighted by molar-refractivity contribution is 6.02. The zero-order valence-corrected chi connectivity index (χ0v) is 11.7. The van der Waals surface area contributed by atoms with Gasteiger partial charge in [-0.05, 0) is 17.7 Å². The quantitative estimate of drug-likeness (QED) is 0.391. The maximum atomic E-state index is 12.3. The van der Waals surface area contributed by atoms with Crippen molar-refractivity contribution in [1.29, 1.82) is 0 Å². The Kier molecular flexibility index (Phi) is 3.59. The van der Waals surface area contributed by atoms with E-state index in [1.165, 1.54) is 36.4 Å². The monoisotopic (exact) mass is 313 g/mol. The average Bonchev–Trinajstić information content (AvgIpc) is 3.35. The molecule has 1 saturated heterocycles. The van der Waals surface area contributed by atoms with Gasteiger partial charge in [0, 0.05) is 29.8 Å². The maximum absolute atomic E-state index is 12.3. The van der Waals surface area contributed by atoms with Crippen molar-refractivity contribution in [2.75, 3.05) is 0 Å². The Bertz CT molecular complexity index is 786. The molecule has 1 N–H and O–H groups in total. The highest BCUT2D eigenvalue weighted by atomic mass is 16.6. The fraction of sp³-hybridized carbons (Fsp3) is 0.133. The predicted octanol–water partition coefficient (Wildman–Crippen LogP) is 2.40. The molecule has 0 saturated carbocycles. The molecule has 0 bridgehead atoms. The van der Waals surface area contributed by atoms with Crippen molar-refractivity contribution >= 4 is 17.2 Å². The largest absolute Gasteiger partial charge is 0.297 e. The molecule has 2 atom stereocenters. The summed E-state index contributed by atoms with van der Waals surface area (Å²) in [5.41, 5.74) is 1.10. The van der Waals surface area contributed by atoms with Crippen LogP contribution in [0.3, 0.4) is 0 Å². The summed E-state index contributed by atoms with van der Waals surface area (Å²) in [5, 5.41) is 24.2. The van der Waals surface area contributed by atoms with Gasteiger partial charge >= 0.3 is 0 Å². The van der Waals surface area contributed by atoms with E-state index in [1.54, 1.807) is 12.1 Å². The summed E-state index contributed by atoms with van der Waals surface area (Å²) < 4.78 is 0. The number of hydrogen-bond acceptors (Lipinski definition) is 6. The van der Waals surface area contributed by atoms with E-state index >= 15 is 0 Å². The number of carbonyl (C=O) groups is 1. The van der Waals surface area contributed by atoms with Crippen molar-refractivity contribution in [3.05, 3.63) is 79.9 Å². The number of non-ortho nitro benzene ring substituents is 2. The molecule has 0 unspecified atom stereocenters. The molecular weight excluding hydrogens is 302 g/mol. The molecule has 23 heavy (non-hydrogen) atoms. The number of nitrogens with zero attached hydrogens (tertiary/aromatic N) is 2. The third-order valence-electron chi connectivity index (χ3n) is 3.69. The van der Waals surface area contributed by atoms with Crippen molar-refractivity contribution in [3.8, 4) is 0 Å². The molecule has 1 heterocycles. The van der Waals surface area contributed by atoms with E-state index in [2.05, 4.69) is 5.32 Å². The molecule has 1 aliphatic heterocycles. The van der Waals surface area contributed by atoms with E-state index in [4.69, 9.17) is 0 Å². The fourth-order valence-electron chi connectivity index (χ4n) is 2.38. The molecule has 0 radical (unpaired) electrons. The second-order valence-electron chi connectivity index (χ2n) is 5.14. The van der Waals surface area contributed by atoms with Gasteiger partial charge in [0.15, 0.2) is 5.78 Å². The van der Waals surface area contributed by atoms with Crippen LogP contribution in [-0.4, -0.2) is 21.7 Å². The van der Waals surface area contributed by atoms with Gasteiger partial charge in [-0.3, -0.25) is 30.3 Å². The Labute approximate surface area is 130 Å². The van der Waals surface area contributed by atoms with E-state index in [0.29, 0.717) is 5.56 Å². The van der Waals surface area contributed by atoms with Crippen molar-refractivity contribution in [2.24, 2.45) is 0 Å². The van der Waals surface area contributed by atoms with E-state index in [0.717, 1.165) is 5.56 Å². The minimum absolute atomic E-state index is 0.00681. The molecule has 8 heteroatoms. The van der Waals surface area contributed by atoms with E-state index < -0.39 is 15.9 Å². The summed E-state index contributed by atoms with van der Waals surface area (Å²) >= 11 is 0. The van der Waals surface area contributed by atoms with Crippen LogP contribution in [0.15, 0.2) is 48.5 Å². The van der Waals surface area contributed by atoms with Gasteiger partial charge in [0.25, 0.3) is 11.4 Å². The van der Waals surface area contributed by atoms with Crippen LogP contribution in [0, 0.1) is 20.2 Å². The second kappa shape index (κ2) is 5.58. The molecule has 0 spiro atoms. The van der Waals surface area contributed by atoms with Crippen LogP contribution in [0.2, 0.25) is 0 Å². The van der Waals surface area contributed by atoms with Gasteiger partial charge in [-0.15, -0.1) is 0 Å². The highest BCUT2D eigenvalue weighted by Gasteiger charge is 2.43. The molecule has 2 aromatic carbocycles. The van der Waals surface area contributed by atoms with Gasteiger partial charge in [0.1, 0.15) is 0 Å². The lowest BCUT2D eigenvalue weighted by atomic mass is 10.0. The number of benzene rings is 2. The van der Waals surface area contributed by atoms with Gasteiger partial charge in [-0.2, -0.15) is 0 Å². The fourth-order valence-corrected chi connectivity index (χ4v) is 2.38. The van der Waals surface area contributed by atoms with Gasteiger partial charge in [-0.25, -0.2) is 0 Å². The molecular formula is C15H11N3O5. The summed E-state index contributed by atoms with van der Waals surface area (Å²) in [6.07, 6.45) is 0. The molecule has 1 aliphatic rings. The minimum atomic E-state index is -0.524. The lowest BCUT2D eigenvalue weighted by molar-refractivity contribution is -0.385. The zero-order valence-electron chi connectivity index (χ0n) is 11.7. The first-order valence-corrected chi connectivity index (χ1v) is 6.76. The molecule has 2 aromatic rings. The van der Waals surface area contributed by atoms with E-state index in [1.807, 2.05) is 0 Å². The Morgan fingerprint density at radius 2 is 1.35 bits per heavy atom. The number of ketones is 1. The van der Waals surface area contributed by atoms with Crippen LogP contribution in [0.25, 0.3) is 0 Å². The standard InChI is InChI=1S/C15H11N3O5/c19-15(10-3-7-12(8-4-10)18(22)23)14-13(16-14)9-1-5-11(6-2-9)17(20)21/h1-8,13-14,16H/t13-,14-/m0/s1. The first-order chi connectivity index (χ1) is 11.0. The third-order valence-corrected chi connectivity index (χ3v) is 3.69. The van der Waals surface area contributed by atoms with Crippen LogP contribution in [0.5, 0.6) is 0 Å². The molecule has 8 nitrogen and oxygen atoms in total. The van der Waals surface area contributed by atoms with Crippen LogP contribution in [-0.2, 0) is 0 Å². The van der Waals surface area contributed by atoms with Gasteiger partial charge in [0.2, 0.25) is 0 Å². The molecule has 0 aromatic heterocycles. The predicted molar refractivity (Wildman–Crippen MR) is 80.2 cm³/mol. The van der Waals surface area contributed by atoms with Crippen LogP contribution >= 0.6 is 0 Å². The number of Topliss-reactive ketones (excluding diaryl/α,β-unsaturated/α-hetero) is 1. The van der Waals surface area contributed by atoms with E-state index in [-0.39, 0.29) is 23.2 Å². The van der Waals surface area contributed by atoms with Crippen molar-refractivity contribution in [2.45, 2.75) is 12.1 Å². The zero-order chi connectivity index (χ0) is 16.6. The highest BCUT2D eigenvalue weighted by Crippen LogP contribution is 2.33. The first kappa shape index (κ1) is 14.8. The van der Waals surface area contributed by atoms with Gasteiger partial charge < -0.3 is 0 Å². The third kappa shape index (κ3) is 2.92. The van der Waals surface area contributed by atoms with Crippen LogP contribution in [0.4, 0.5) is 11.4 Å². The van der Waals surface area contributed by atoms with Crippen LogP contribution < -0.4 is 5.32 Å². The average molecular weight is 313 g/mol. The topological polar surface area (TPSA) is 125 Å². The van der Waals surface area contributed by atoms with Crippen molar-refractivity contribution in [1.82, 2.24) is 5.32 Å². The smallest absolute Gasteiger partial charge is 0.269 e. The molecule has 0 amide bonds. The second-order valence-corrected chi connectivity index (χ2v) is 5.14. The summed E-state index contributed by atoms with van der Waals surface area (Å²) in [6, 6.07) is 10.8. The van der Waals surface area contributed by atoms with Crippen molar-refractivity contribution < 1.29 is 14.6 Å². The minimum Gasteiger partial charge on any atom is -0.297 e. The maximum Gasteiger partial charge on any atom is 0.269 e. The molecule has 0 aliphatic carbocycles. The summed E-state index contributed by atoms with van der Waals surface area (Å²) in [6.45, 7) is 0. The lowest BCUT2D eigenvalue weighted by Crippen LogP contribution is -2.10. The lowest BCUT2D eigenvalue weighted by Gasteiger charge is -2.00.